The highest BCUT2D eigenvalue weighted by Gasteiger charge is 2.43. The van der Waals surface area contributed by atoms with E-state index in [4.69, 9.17) is 14.6 Å². The van der Waals surface area contributed by atoms with Gasteiger partial charge in [-0.25, -0.2) is 0 Å². The highest BCUT2D eigenvalue weighted by Crippen LogP contribution is 2.21. The third kappa shape index (κ3) is 2.05. The fourth-order valence-corrected chi connectivity index (χ4v) is 1.50. The maximum Gasteiger partial charge on any atom is 0.175 e. The molecule has 1 fully saturated rings. The van der Waals surface area contributed by atoms with Gasteiger partial charge in [0.05, 0.1) is 12.6 Å². The van der Waals surface area contributed by atoms with Crippen LogP contribution >= 0.6 is 0 Å². The van der Waals surface area contributed by atoms with Gasteiger partial charge in [-0.05, 0) is 0 Å². The number of hydrogen-bond donors (Lipinski definition) is 4. The van der Waals surface area contributed by atoms with Crippen molar-refractivity contribution in [3.63, 3.8) is 0 Å². The SMILES string of the molecule is [CH2]NC1[C@H](OC)O[C@H](CO)[C@@H](O)[C@@H]1O. The standard InChI is InChI=1S/C8H16NO5/c1-9-5-7(12)6(11)4(3-10)14-8(5)13-2/h4-12H,1,3H2,2H3/t4-,5?,6-,7-,8-/m1/s1. The number of methoxy groups -OCH3 is 1. The second kappa shape index (κ2) is 5.01. The molecule has 0 aromatic rings. The molecule has 1 saturated heterocycles. The van der Waals surface area contributed by atoms with Gasteiger partial charge in [-0.1, -0.05) is 0 Å². The molecule has 1 aliphatic heterocycles. The van der Waals surface area contributed by atoms with Crippen molar-refractivity contribution in [3.8, 4) is 0 Å². The van der Waals surface area contributed by atoms with Crippen molar-refractivity contribution >= 4 is 0 Å². The molecule has 0 bridgehead atoms. The van der Waals surface area contributed by atoms with Gasteiger partial charge < -0.3 is 30.1 Å². The van der Waals surface area contributed by atoms with Crippen LogP contribution in [0.1, 0.15) is 0 Å². The van der Waals surface area contributed by atoms with E-state index in [-0.39, 0.29) is 6.61 Å². The fraction of sp³-hybridized carbons (Fsp3) is 0.875. The van der Waals surface area contributed by atoms with Crippen LogP contribution < -0.4 is 5.32 Å². The van der Waals surface area contributed by atoms with Crippen molar-refractivity contribution in [2.75, 3.05) is 13.7 Å². The number of rotatable bonds is 3. The molecular formula is C8H16NO5. The largest absolute Gasteiger partial charge is 0.394 e. The van der Waals surface area contributed by atoms with E-state index in [0.717, 1.165) is 0 Å². The average Bonchev–Trinajstić information content (AvgIpc) is 2.21. The minimum absolute atomic E-state index is 0.373. The van der Waals surface area contributed by atoms with Gasteiger partial charge in [0.15, 0.2) is 6.29 Å². The van der Waals surface area contributed by atoms with E-state index in [1.54, 1.807) is 0 Å². The Balaban J connectivity index is 2.71. The van der Waals surface area contributed by atoms with Gasteiger partial charge in [0, 0.05) is 14.2 Å². The minimum atomic E-state index is -1.15. The first-order valence-electron chi connectivity index (χ1n) is 4.33. The van der Waals surface area contributed by atoms with E-state index in [2.05, 4.69) is 12.4 Å². The first kappa shape index (κ1) is 11.8. The highest BCUT2D eigenvalue weighted by atomic mass is 16.7. The first-order chi connectivity index (χ1) is 6.65. The fourth-order valence-electron chi connectivity index (χ4n) is 1.50. The summed E-state index contributed by atoms with van der Waals surface area (Å²) in [7, 11) is 4.81. The topological polar surface area (TPSA) is 91.2 Å². The normalized spacial score (nSPS) is 43.9. The van der Waals surface area contributed by atoms with E-state index in [1.165, 1.54) is 7.11 Å². The lowest BCUT2D eigenvalue weighted by Crippen LogP contribution is -2.62. The van der Waals surface area contributed by atoms with Gasteiger partial charge in [-0.3, -0.25) is 0 Å². The molecule has 0 saturated carbocycles. The summed E-state index contributed by atoms with van der Waals surface area (Å²) in [5.74, 6) is 0. The molecule has 0 aromatic carbocycles. The summed E-state index contributed by atoms with van der Waals surface area (Å²) in [6, 6.07) is -0.613. The summed E-state index contributed by atoms with van der Waals surface area (Å²) in [6.45, 7) is -0.373. The molecule has 83 valence electrons. The molecule has 0 aliphatic carbocycles. The van der Waals surface area contributed by atoms with Crippen LogP contribution in [0.4, 0.5) is 0 Å². The molecule has 14 heavy (non-hydrogen) atoms. The Morgan fingerprint density at radius 2 is 2.07 bits per heavy atom. The lowest BCUT2D eigenvalue weighted by molar-refractivity contribution is -0.261. The first-order valence-corrected chi connectivity index (χ1v) is 4.33. The molecule has 5 atom stereocenters. The molecule has 0 amide bonds. The van der Waals surface area contributed by atoms with Crippen molar-refractivity contribution < 1.29 is 24.8 Å². The van der Waals surface area contributed by atoms with Crippen molar-refractivity contribution in [1.29, 1.82) is 0 Å². The van der Waals surface area contributed by atoms with Crippen molar-refractivity contribution in [2.24, 2.45) is 0 Å². The Morgan fingerprint density at radius 3 is 2.50 bits per heavy atom. The summed E-state index contributed by atoms with van der Waals surface area (Å²) in [4.78, 5) is 0. The van der Waals surface area contributed by atoms with Gasteiger partial charge in [0.1, 0.15) is 18.3 Å². The quantitative estimate of drug-likeness (QED) is 0.420. The molecule has 6 heteroatoms. The zero-order chi connectivity index (χ0) is 10.7. The number of ether oxygens (including phenoxy) is 2. The second-order valence-electron chi connectivity index (χ2n) is 3.17. The van der Waals surface area contributed by atoms with Crippen LogP contribution in [-0.2, 0) is 9.47 Å². The monoisotopic (exact) mass is 206 g/mol. The molecule has 1 heterocycles. The zero-order valence-electron chi connectivity index (χ0n) is 7.96. The van der Waals surface area contributed by atoms with E-state index >= 15 is 0 Å². The van der Waals surface area contributed by atoms with Crippen LogP contribution in [0.2, 0.25) is 0 Å². The van der Waals surface area contributed by atoms with Gasteiger partial charge in [0.2, 0.25) is 0 Å². The predicted octanol–water partition coefficient (Wildman–Crippen LogP) is -2.18. The van der Waals surface area contributed by atoms with Gasteiger partial charge in [0.25, 0.3) is 0 Å². The minimum Gasteiger partial charge on any atom is -0.394 e. The van der Waals surface area contributed by atoms with E-state index in [0.29, 0.717) is 0 Å². The van der Waals surface area contributed by atoms with Crippen LogP contribution in [0.3, 0.4) is 0 Å². The smallest absolute Gasteiger partial charge is 0.175 e. The lowest BCUT2D eigenvalue weighted by Gasteiger charge is -2.41. The van der Waals surface area contributed by atoms with E-state index in [1.807, 2.05) is 0 Å². The summed E-state index contributed by atoms with van der Waals surface area (Å²) in [6.07, 6.45) is -3.79. The third-order valence-electron chi connectivity index (χ3n) is 2.35. The molecule has 1 unspecified atom stereocenters. The molecule has 1 rings (SSSR count). The molecule has 0 aromatic heterocycles. The Morgan fingerprint density at radius 1 is 1.43 bits per heavy atom. The maximum absolute atomic E-state index is 9.62. The van der Waals surface area contributed by atoms with Crippen LogP contribution in [-0.4, -0.2) is 59.7 Å². The second-order valence-corrected chi connectivity index (χ2v) is 3.17. The van der Waals surface area contributed by atoms with Gasteiger partial charge in [-0.2, -0.15) is 0 Å². The molecule has 6 nitrogen and oxygen atoms in total. The van der Waals surface area contributed by atoms with Crippen LogP contribution in [0, 0.1) is 7.05 Å². The average molecular weight is 206 g/mol. The Kier molecular flexibility index (Phi) is 4.24. The van der Waals surface area contributed by atoms with Gasteiger partial charge >= 0.3 is 0 Å². The van der Waals surface area contributed by atoms with Crippen LogP contribution in [0.5, 0.6) is 0 Å². The number of aliphatic hydroxyl groups excluding tert-OH is 3. The summed E-state index contributed by atoms with van der Waals surface area (Å²) in [5.41, 5.74) is 0. The molecule has 1 radical (unpaired) electrons. The highest BCUT2D eigenvalue weighted by molar-refractivity contribution is 4.92. The van der Waals surface area contributed by atoms with Crippen LogP contribution in [0.15, 0.2) is 0 Å². The molecule has 0 spiro atoms. The van der Waals surface area contributed by atoms with E-state index in [9.17, 15) is 10.2 Å². The summed E-state index contributed by atoms with van der Waals surface area (Å²) in [5, 5.41) is 30.5. The van der Waals surface area contributed by atoms with Crippen LogP contribution in [0.25, 0.3) is 0 Å². The molecular weight excluding hydrogens is 190 g/mol. The summed E-state index contributed by atoms with van der Waals surface area (Å²) < 4.78 is 10.1. The van der Waals surface area contributed by atoms with E-state index < -0.39 is 30.6 Å². The zero-order valence-corrected chi connectivity index (χ0v) is 7.96. The predicted molar refractivity (Wildman–Crippen MR) is 47.1 cm³/mol. The van der Waals surface area contributed by atoms with Gasteiger partial charge in [-0.15, -0.1) is 0 Å². The third-order valence-corrected chi connectivity index (χ3v) is 2.35. The molecule has 4 N–H and O–H groups in total. The number of nitrogens with one attached hydrogen (secondary N) is 1. The Labute approximate surface area is 82.4 Å². The number of aliphatic hydroxyl groups is 3. The summed E-state index contributed by atoms with van der Waals surface area (Å²) >= 11 is 0. The molecule has 1 aliphatic rings. The Hall–Kier alpha value is -0.240. The van der Waals surface area contributed by atoms with Crippen molar-refractivity contribution in [2.45, 2.75) is 30.6 Å². The number of hydrogen-bond acceptors (Lipinski definition) is 6. The van der Waals surface area contributed by atoms with Crippen molar-refractivity contribution in [1.82, 2.24) is 5.32 Å². The Bertz CT molecular complexity index is 177. The lowest BCUT2D eigenvalue weighted by atomic mass is 9.97. The van der Waals surface area contributed by atoms with Crippen molar-refractivity contribution in [3.05, 3.63) is 7.05 Å². The maximum atomic E-state index is 9.62.